The molecule has 1 saturated carbocycles. The number of rotatable bonds is 10. The number of hydrogen-bond acceptors (Lipinski definition) is 7. The van der Waals surface area contributed by atoms with Crippen LogP contribution >= 0.6 is 7.82 Å². The Bertz CT molecular complexity index is 1370. The van der Waals surface area contributed by atoms with Crippen molar-refractivity contribution < 1.29 is 42.8 Å². The number of likely N-dealkylation sites (tertiary alicyclic amines) is 1. The molecule has 2 saturated heterocycles. The highest BCUT2D eigenvalue weighted by molar-refractivity contribution is 7.46. The van der Waals surface area contributed by atoms with Crippen LogP contribution in [0.2, 0.25) is 0 Å². The first kappa shape index (κ1) is 28.3. The molecule has 2 aromatic rings. The van der Waals surface area contributed by atoms with Crippen LogP contribution in [0.25, 0.3) is 10.9 Å². The second-order valence-corrected chi connectivity index (χ2v) is 11.9. The van der Waals surface area contributed by atoms with Gasteiger partial charge in [-0.1, -0.05) is 12.5 Å². The number of phosphoric ester groups is 1. The van der Waals surface area contributed by atoms with Gasteiger partial charge in [-0.25, -0.2) is 4.57 Å². The molecule has 1 aromatic carbocycles. The maximum atomic E-state index is 13.8. The second-order valence-electron chi connectivity index (χ2n) is 10.7. The molecule has 13 nitrogen and oxygen atoms in total. The minimum absolute atomic E-state index is 0.0441. The summed E-state index contributed by atoms with van der Waals surface area (Å²) in [7, 11) is -3.39. The van der Waals surface area contributed by atoms with Crippen LogP contribution in [0.15, 0.2) is 24.3 Å². The summed E-state index contributed by atoms with van der Waals surface area (Å²) in [6, 6.07) is 5.06. The van der Waals surface area contributed by atoms with E-state index in [1.165, 1.54) is 4.90 Å². The monoisotopic (exact) mass is 576 g/mol. The fourth-order valence-electron chi connectivity index (χ4n) is 6.36. The predicted octanol–water partition coefficient (Wildman–Crippen LogP) is 1.11. The average molecular weight is 577 g/mol. The van der Waals surface area contributed by atoms with Crippen molar-refractivity contribution in [1.82, 2.24) is 20.5 Å². The highest BCUT2D eigenvalue weighted by atomic mass is 31.2. The molecule has 5 atom stereocenters. The molecule has 1 aromatic heterocycles. The number of aromatic amines is 1. The van der Waals surface area contributed by atoms with E-state index in [0.29, 0.717) is 36.5 Å². The Labute approximate surface area is 230 Å². The molecule has 0 bridgehead atoms. The van der Waals surface area contributed by atoms with Crippen molar-refractivity contribution in [2.24, 2.45) is 17.8 Å². The minimum Gasteiger partial charge on any atom is -0.496 e. The first-order valence-electron chi connectivity index (χ1n) is 13.3. The number of nitrogens with zero attached hydrogens (tertiary/aromatic N) is 1. The SMILES string of the molecule is COc1cccc2[nH]c(C(=O)N3CC4CCCC4C3C(=O)NC(CC3CCNC3=O)C(=O)COP(=O)(O)O)cc12. The first-order valence-corrected chi connectivity index (χ1v) is 14.9. The third-order valence-corrected chi connectivity index (χ3v) is 8.72. The highest BCUT2D eigenvalue weighted by Gasteiger charge is 2.50. The number of Topliss-reactive ketones (excluding diaryl/α,β-unsaturated/α-hetero) is 1. The van der Waals surface area contributed by atoms with E-state index in [4.69, 9.17) is 14.5 Å². The van der Waals surface area contributed by atoms with Crippen LogP contribution in [0, 0.1) is 17.8 Å². The van der Waals surface area contributed by atoms with Gasteiger partial charge < -0.3 is 35.0 Å². The van der Waals surface area contributed by atoms with E-state index in [-0.39, 0.29) is 30.1 Å². The number of ether oxygens (including phenoxy) is 1. The van der Waals surface area contributed by atoms with Gasteiger partial charge in [0.25, 0.3) is 5.91 Å². The fraction of sp³-hybridized carbons (Fsp3) is 0.538. The van der Waals surface area contributed by atoms with Crippen molar-refractivity contribution in [1.29, 1.82) is 0 Å². The smallest absolute Gasteiger partial charge is 0.470 e. The normalized spacial score (nSPS) is 25.1. The largest absolute Gasteiger partial charge is 0.496 e. The summed E-state index contributed by atoms with van der Waals surface area (Å²) in [6.07, 6.45) is 2.96. The Morgan fingerprint density at radius 1 is 1.23 bits per heavy atom. The van der Waals surface area contributed by atoms with Gasteiger partial charge in [0.2, 0.25) is 11.8 Å². The maximum absolute atomic E-state index is 13.8. The van der Waals surface area contributed by atoms with Crippen molar-refractivity contribution in [3.05, 3.63) is 30.0 Å². The van der Waals surface area contributed by atoms with E-state index < -0.39 is 44.1 Å². The number of amides is 3. The lowest BCUT2D eigenvalue weighted by atomic mass is 9.92. The number of carbonyl (C=O) groups excluding carboxylic acids is 4. The van der Waals surface area contributed by atoms with Crippen molar-refractivity contribution in [2.45, 2.75) is 44.2 Å². The average Bonchev–Trinajstić information content (AvgIpc) is 3.69. The summed E-state index contributed by atoms with van der Waals surface area (Å²) in [4.78, 5) is 75.5. The van der Waals surface area contributed by atoms with E-state index in [2.05, 4.69) is 20.1 Å². The number of ketones is 1. The molecule has 14 heteroatoms. The van der Waals surface area contributed by atoms with E-state index in [0.717, 1.165) is 24.6 Å². The van der Waals surface area contributed by atoms with Crippen LogP contribution in [0.5, 0.6) is 5.75 Å². The lowest BCUT2D eigenvalue weighted by Gasteiger charge is -2.29. The number of aromatic nitrogens is 1. The third kappa shape index (κ3) is 5.78. The Balaban J connectivity index is 1.39. The third-order valence-electron chi connectivity index (χ3n) is 8.26. The van der Waals surface area contributed by atoms with E-state index in [1.54, 1.807) is 25.3 Å². The number of hydrogen-bond donors (Lipinski definition) is 5. The molecule has 5 rings (SSSR count). The Morgan fingerprint density at radius 3 is 2.73 bits per heavy atom. The molecule has 0 spiro atoms. The van der Waals surface area contributed by atoms with Gasteiger partial charge in [0.05, 0.1) is 13.2 Å². The number of benzene rings is 1. The van der Waals surface area contributed by atoms with Gasteiger partial charge in [-0.3, -0.25) is 23.7 Å². The fourth-order valence-corrected chi connectivity index (χ4v) is 6.65. The quantitative estimate of drug-likeness (QED) is 0.258. The van der Waals surface area contributed by atoms with Gasteiger partial charge in [0, 0.05) is 29.9 Å². The molecule has 1 aliphatic carbocycles. The maximum Gasteiger partial charge on any atom is 0.470 e. The molecule has 3 heterocycles. The lowest BCUT2D eigenvalue weighted by Crippen LogP contribution is -2.53. The topological polar surface area (TPSA) is 187 Å². The number of fused-ring (bicyclic) bond motifs is 2. The minimum atomic E-state index is -4.93. The van der Waals surface area contributed by atoms with Crippen LogP contribution in [0.3, 0.4) is 0 Å². The molecule has 40 heavy (non-hydrogen) atoms. The van der Waals surface area contributed by atoms with Gasteiger partial charge in [0.1, 0.15) is 24.1 Å². The Hall–Kier alpha value is -3.25. The molecular weight excluding hydrogens is 543 g/mol. The van der Waals surface area contributed by atoms with Crippen molar-refractivity contribution in [3.8, 4) is 5.75 Å². The standard InChI is InChI=1S/C26H33N4O9P/c1-38-22-7-3-6-18-17(22)11-20(28-18)26(34)30-12-15-4-2-5-16(15)23(30)25(33)29-19(10-14-8-9-27-24(14)32)21(31)13-39-40(35,36)37/h3,6-7,11,14-16,19,23,28H,2,4-5,8-10,12-13H2,1H3,(H,27,32)(H,29,33)(H2,35,36,37). The number of nitrogens with one attached hydrogen (secondary N) is 3. The Kier molecular flexibility index (Phi) is 8.01. The Morgan fingerprint density at radius 2 is 2.02 bits per heavy atom. The summed E-state index contributed by atoms with van der Waals surface area (Å²) < 4.78 is 21.0. The molecule has 3 amide bonds. The van der Waals surface area contributed by atoms with Crippen LogP contribution in [0.1, 0.15) is 42.6 Å². The molecule has 0 radical (unpaired) electrons. The molecular formula is C26H33N4O9P. The zero-order chi connectivity index (χ0) is 28.6. The molecule has 3 aliphatic rings. The van der Waals surface area contributed by atoms with Crippen molar-refractivity contribution in [2.75, 3.05) is 26.8 Å². The molecule has 3 fully saturated rings. The van der Waals surface area contributed by atoms with E-state index >= 15 is 0 Å². The van der Waals surface area contributed by atoms with Gasteiger partial charge in [-0.15, -0.1) is 0 Å². The molecule has 5 unspecified atom stereocenters. The van der Waals surface area contributed by atoms with E-state index in [1.807, 2.05) is 6.07 Å². The number of H-pyrrole nitrogens is 1. The summed E-state index contributed by atoms with van der Waals surface area (Å²) in [5.41, 5.74) is 1.02. The summed E-state index contributed by atoms with van der Waals surface area (Å²) >= 11 is 0. The molecule has 2 aliphatic heterocycles. The number of carbonyl (C=O) groups is 4. The van der Waals surface area contributed by atoms with Gasteiger partial charge in [-0.2, -0.15) is 0 Å². The number of methoxy groups -OCH3 is 1. The summed E-state index contributed by atoms with van der Waals surface area (Å²) in [5.74, 6) is -1.82. The van der Waals surface area contributed by atoms with Crippen LogP contribution in [0.4, 0.5) is 0 Å². The van der Waals surface area contributed by atoms with Gasteiger partial charge in [-0.05, 0) is 55.7 Å². The summed E-state index contributed by atoms with van der Waals surface area (Å²) in [5, 5.41) is 6.13. The molecule has 5 N–H and O–H groups in total. The van der Waals surface area contributed by atoms with Crippen LogP contribution < -0.4 is 15.4 Å². The number of phosphoric acid groups is 1. The van der Waals surface area contributed by atoms with E-state index in [9.17, 15) is 23.7 Å². The zero-order valence-electron chi connectivity index (χ0n) is 22.0. The second kappa shape index (κ2) is 11.3. The molecule has 216 valence electrons. The summed E-state index contributed by atoms with van der Waals surface area (Å²) in [6.45, 7) is -0.111. The van der Waals surface area contributed by atoms with Crippen LogP contribution in [-0.2, 0) is 23.5 Å². The first-order chi connectivity index (χ1) is 19.1. The van der Waals surface area contributed by atoms with Gasteiger partial charge in [0.15, 0.2) is 5.78 Å². The van der Waals surface area contributed by atoms with Crippen molar-refractivity contribution >= 4 is 42.2 Å². The van der Waals surface area contributed by atoms with Gasteiger partial charge >= 0.3 is 7.82 Å². The van der Waals surface area contributed by atoms with Crippen LogP contribution in [-0.4, -0.2) is 82.1 Å². The van der Waals surface area contributed by atoms with Crippen molar-refractivity contribution in [3.63, 3.8) is 0 Å². The zero-order valence-corrected chi connectivity index (χ0v) is 22.9. The predicted molar refractivity (Wildman–Crippen MR) is 141 cm³/mol. The lowest BCUT2D eigenvalue weighted by molar-refractivity contribution is -0.133. The highest BCUT2D eigenvalue weighted by Crippen LogP contribution is 2.43.